The molecule has 2 saturated heterocycles. The molecule has 0 unspecified atom stereocenters. The van der Waals surface area contributed by atoms with Crippen LogP contribution in [0.1, 0.15) is 42.3 Å². The molecule has 4 rings (SSSR count). The van der Waals surface area contributed by atoms with Crippen LogP contribution < -0.4 is 5.32 Å². The number of piperidine rings is 1. The zero-order valence-corrected chi connectivity index (χ0v) is 16.6. The van der Waals surface area contributed by atoms with Crippen molar-refractivity contribution in [2.24, 2.45) is 0 Å². The summed E-state index contributed by atoms with van der Waals surface area (Å²) in [5.41, 5.74) is 2.86. The molecule has 2 aromatic rings. The Kier molecular flexibility index (Phi) is 5.90. The van der Waals surface area contributed by atoms with Crippen LogP contribution in [-0.2, 0) is 0 Å². The van der Waals surface area contributed by atoms with Crippen molar-refractivity contribution in [2.45, 2.75) is 38.1 Å². The van der Waals surface area contributed by atoms with Crippen molar-refractivity contribution < 1.29 is 4.79 Å². The predicted molar refractivity (Wildman–Crippen MR) is 108 cm³/mol. The predicted octanol–water partition coefficient (Wildman–Crippen LogP) is 2.42. The maximum Gasteiger partial charge on any atom is 0.317 e. The summed E-state index contributed by atoms with van der Waals surface area (Å²) >= 11 is 0. The molecule has 0 aliphatic carbocycles. The van der Waals surface area contributed by atoms with E-state index in [0.717, 1.165) is 45.6 Å². The molecule has 2 amide bonds. The molecule has 0 saturated carbocycles. The van der Waals surface area contributed by atoms with Crippen molar-refractivity contribution in [3.05, 3.63) is 48.0 Å². The Labute approximate surface area is 166 Å². The fraction of sp³-hybridized carbons (Fsp3) is 0.571. The lowest BCUT2D eigenvalue weighted by Crippen LogP contribution is -2.46. The van der Waals surface area contributed by atoms with Crippen LogP contribution in [0.25, 0.3) is 0 Å². The minimum Gasteiger partial charge on any atom is -0.337 e. The second-order valence-electron chi connectivity index (χ2n) is 8.00. The zero-order chi connectivity index (χ0) is 19.3. The van der Waals surface area contributed by atoms with Crippen LogP contribution in [0.15, 0.2) is 36.9 Å². The Morgan fingerprint density at radius 2 is 1.86 bits per heavy atom. The number of amides is 2. The number of aryl methyl sites for hydroxylation is 1. The van der Waals surface area contributed by atoms with E-state index in [4.69, 9.17) is 0 Å². The molecule has 28 heavy (non-hydrogen) atoms. The first-order valence-electron chi connectivity index (χ1n) is 10.4. The van der Waals surface area contributed by atoms with Gasteiger partial charge in [-0.2, -0.15) is 0 Å². The fourth-order valence-electron chi connectivity index (χ4n) is 4.53. The highest BCUT2D eigenvalue weighted by Gasteiger charge is 2.26. The third-order valence-electron chi connectivity index (χ3n) is 6.21. The number of hydrogen-bond acceptors (Lipinski definition) is 4. The first-order valence-corrected chi connectivity index (χ1v) is 10.4. The van der Waals surface area contributed by atoms with Gasteiger partial charge in [0.05, 0.1) is 0 Å². The van der Waals surface area contributed by atoms with Crippen molar-refractivity contribution in [1.82, 2.24) is 29.9 Å². The molecular weight excluding hydrogens is 352 g/mol. The lowest BCUT2D eigenvalue weighted by Gasteiger charge is -2.32. The van der Waals surface area contributed by atoms with Gasteiger partial charge < -0.3 is 19.7 Å². The molecule has 1 aromatic heterocycles. The van der Waals surface area contributed by atoms with Crippen LogP contribution >= 0.6 is 0 Å². The lowest BCUT2D eigenvalue weighted by molar-refractivity contribution is 0.170. The number of urea groups is 1. The number of carbonyl (C=O) groups is 1. The molecule has 3 heterocycles. The van der Waals surface area contributed by atoms with E-state index in [9.17, 15) is 4.79 Å². The van der Waals surface area contributed by atoms with Crippen molar-refractivity contribution in [3.8, 4) is 0 Å². The van der Waals surface area contributed by atoms with Crippen LogP contribution in [0.5, 0.6) is 0 Å². The van der Waals surface area contributed by atoms with Crippen molar-refractivity contribution in [1.29, 1.82) is 0 Å². The number of aromatic nitrogens is 3. The molecule has 1 atom stereocenters. The molecule has 0 bridgehead atoms. The van der Waals surface area contributed by atoms with Crippen molar-refractivity contribution in [3.63, 3.8) is 0 Å². The molecule has 1 N–H and O–H groups in total. The minimum atomic E-state index is 0.0665. The average Bonchev–Trinajstić information content (AvgIpc) is 3.41. The van der Waals surface area contributed by atoms with Gasteiger partial charge in [-0.3, -0.25) is 0 Å². The smallest absolute Gasteiger partial charge is 0.317 e. The summed E-state index contributed by atoms with van der Waals surface area (Å²) in [5.74, 6) is 0.619. The van der Waals surface area contributed by atoms with E-state index >= 15 is 0 Å². The van der Waals surface area contributed by atoms with Crippen LogP contribution in [0.2, 0.25) is 0 Å². The highest BCUT2D eigenvalue weighted by Crippen LogP contribution is 2.29. The number of hydrogen-bond donors (Lipinski definition) is 1. The lowest BCUT2D eigenvalue weighted by atomic mass is 9.94. The van der Waals surface area contributed by atoms with E-state index in [2.05, 4.69) is 51.6 Å². The topological polar surface area (TPSA) is 66.3 Å². The van der Waals surface area contributed by atoms with Crippen molar-refractivity contribution >= 4 is 6.03 Å². The number of carbonyl (C=O) groups excluding carboxylic acids is 1. The van der Waals surface area contributed by atoms with Gasteiger partial charge in [0, 0.05) is 38.8 Å². The molecule has 2 fully saturated rings. The summed E-state index contributed by atoms with van der Waals surface area (Å²) in [6.45, 7) is 7.60. The second-order valence-corrected chi connectivity index (χ2v) is 8.00. The minimum absolute atomic E-state index is 0.0665. The summed E-state index contributed by atoms with van der Waals surface area (Å²) in [6, 6.07) is 9.17. The van der Waals surface area contributed by atoms with Crippen molar-refractivity contribution in [2.75, 3.05) is 39.3 Å². The summed E-state index contributed by atoms with van der Waals surface area (Å²) in [4.78, 5) is 16.9. The van der Waals surface area contributed by atoms with E-state index in [1.807, 2.05) is 9.47 Å². The zero-order valence-electron chi connectivity index (χ0n) is 16.6. The van der Waals surface area contributed by atoms with Crippen LogP contribution in [-0.4, -0.2) is 69.9 Å². The highest BCUT2D eigenvalue weighted by molar-refractivity contribution is 5.74. The van der Waals surface area contributed by atoms with E-state index in [0.29, 0.717) is 18.5 Å². The van der Waals surface area contributed by atoms with Gasteiger partial charge in [-0.25, -0.2) is 4.79 Å². The highest BCUT2D eigenvalue weighted by atomic mass is 16.2. The summed E-state index contributed by atoms with van der Waals surface area (Å²) < 4.78 is 2.05. The van der Waals surface area contributed by atoms with Gasteiger partial charge in [0.15, 0.2) is 0 Å². The Morgan fingerprint density at radius 3 is 2.61 bits per heavy atom. The molecular formula is C21H30N6O. The van der Waals surface area contributed by atoms with E-state index in [-0.39, 0.29) is 6.03 Å². The van der Waals surface area contributed by atoms with E-state index < -0.39 is 0 Å². The number of nitrogens with one attached hydrogen (secondary N) is 1. The average molecular weight is 383 g/mol. The first kappa shape index (κ1) is 18.9. The van der Waals surface area contributed by atoms with Crippen LogP contribution in [0.3, 0.4) is 0 Å². The molecule has 1 aromatic carbocycles. The molecule has 2 aliphatic heterocycles. The molecule has 7 heteroatoms. The molecule has 150 valence electrons. The maximum absolute atomic E-state index is 12.5. The fourth-order valence-corrected chi connectivity index (χ4v) is 4.53. The summed E-state index contributed by atoms with van der Waals surface area (Å²) in [5, 5.41) is 10.9. The SMILES string of the molecule is Cc1ccccc1[C@H]1CCN(CCNC(=O)N2CCC(n3cnnc3)CC2)C1. The largest absolute Gasteiger partial charge is 0.337 e. The molecule has 0 radical (unpaired) electrons. The number of benzene rings is 1. The normalized spacial score (nSPS) is 21.2. The monoisotopic (exact) mass is 382 g/mol. The summed E-state index contributed by atoms with van der Waals surface area (Å²) in [6.07, 6.45) is 6.64. The van der Waals surface area contributed by atoms with E-state index in [1.165, 1.54) is 17.5 Å². The standard InChI is InChI=1S/C21H30N6O/c1-17-4-2-3-5-20(17)18-6-10-25(14-18)13-9-22-21(28)26-11-7-19(8-12-26)27-15-23-24-16-27/h2-5,15-16,18-19H,6-14H2,1H3,(H,22,28)/t18-/m0/s1. The molecule has 0 spiro atoms. The Balaban J connectivity index is 1.17. The Hall–Kier alpha value is -2.41. The van der Waals surface area contributed by atoms with Gasteiger partial charge in [-0.05, 0) is 49.8 Å². The summed E-state index contributed by atoms with van der Waals surface area (Å²) in [7, 11) is 0. The van der Waals surface area contributed by atoms with Gasteiger partial charge in [0.2, 0.25) is 0 Å². The van der Waals surface area contributed by atoms with Gasteiger partial charge in [-0.1, -0.05) is 24.3 Å². The van der Waals surface area contributed by atoms with E-state index in [1.54, 1.807) is 12.7 Å². The number of nitrogens with zero attached hydrogens (tertiary/aromatic N) is 5. The molecule has 2 aliphatic rings. The van der Waals surface area contributed by atoms with Gasteiger partial charge in [0.25, 0.3) is 0 Å². The number of likely N-dealkylation sites (tertiary alicyclic amines) is 2. The van der Waals surface area contributed by atoms with Gasteiger partial charge in [-0.15, -0.1) is 10.2 Å². The van der Waals surface area contributed by atoms with Gasteiger partial charge in [0.1, 0.15) is 12.7 Å². The Bertz CT molecular complexity index is 769. The Morgan fingerprint density at radius 1 is 1.11 bits per heavy atom. The maximum atomic E-state index is 12.5. The quantitative estimate of drug-likeness (QED) is 0.862. The second kappa shape index (κ2) is 8.73. The third-order valence-corrected chi connectivity index (χ3v) is 6.21. The van der Waals surface area contributed by atoms with Gasteiger partial charge >= 0.3 is 6.03 Å². The van der Waals surface area contributed by atoms with Crippen LogP contribution in [0.4, 0.5) is 4.79 Å². The van der Waals surface area contributed by atoms with Crippen LogP contribution in [0, 0.1) is 6.92 Å². The number of rotatable bonds is 5. The molecule has 7 nitrogen and oxygen atoms in total. The third kappa shape index (κ3) is 4.35. The first-order chi connectivity index (χ1) is 13.7.